The topological polar surface area (TPSA) is 62.7 Å². The number of carbonyl (C=O) groups is 1. The molecule has 1 aliphatic rings. The first kappa shape index (κ1) is 19.8. The van der Waals surface area contributed by atoms with Gasteiger partial charge in [-0.15, -0.1) is 0 Å². The van der Waals surface area contributed by atoms with Gasteiger partial charge in [0.05, 0.1) is 7.11 Å². The van der Waals surface area contributed by atoms with E-state index in [1.807, 2.05) is 0 Å². The second-order valence-electron chi connectivity index (χ2n) is 6.66. The molecule has 0 bridgehead atoms. The fourth-order valence-electron chi connectivity index (χ4n) is 3.16. The average Bonchev–Trinajstić information content (AvgIpc) is 2.59. The van der Waals surface area contributed by atoms with E-state index in [0.717, 1.165) is 31.3 Å². The molecule has 1 fully saturated rings. The van der Waals surface area contributed by atoms with Crippen LogP contribution in [-0.2, 0) is 9.53 Å². The highest BCUT2D eigenvalue weighted by molar-refractivity contribution is 5.79. The summed E-state index contributed by atoms with van der Waals surface area (Å²) in [4.78, 5) is 15.3. The maximum absolute atomic E-state index is 11.0. The van der Waals surface area contributed by atoms with Crippen LogP contribution >= 0.6 is 0 Å². The summed E-state index contributed by atoms with van der Waals surface area (Å²) in [6.45, 7) is 3.05. The van der Waals surface area contributed by atoms with Crippen molar-refractivity contribution in [1.29, 1.82) is 0 Å². The first-order valence-electron chi connectivity index (χ1n) is 9.19. The summed E-state index contributed by atoms with van der Waals surface area (Å²) in [5.74, 6) is 1.66. The summed E-state index contributed by atoms with van der Waals surface area (Å²) in [5.41, 5.74) is 0. The predicted octanol–water partition coefficient (Wildman–Crippen LogP) is 3.24. The van der Waals surface area contributed by atoms with Crippen LogP contribution in [0.25, 0.3) is 0 Å². The Hall–Kier alpha value is -1.26. The lowest BCUT2D eigenvalue weighted by molar-refractivity contribution is -0.140. The highest BCUT2D eigenvalue weighted by Gasteiger charge is 2.14. The van der Waals surface area contributed by atoms with Crippen molar-refractivity contribution in [1.82, 2.24) is 10.6 Å². The molecule has 0 aromatic rings. The van der Waals surface area contributed by atoms with Crippen LogP contribution in [-0.4, -0.2) is 38.7 Å². The van der Waals surface area contributed by atoms with Crippen LogP contribution in [0.1, 0.15) is 71.1 Å². The van der Waals surface area contributed by atoms with Crippen molar-refractivity contribution < 1.29 is 9.53 Å². The number of guanidine groups is 1. The molecule has 1 aliphatic carbocycles. The number of aliphatic imine (C=N–C) groups is 1. The summed E-state index contributed by atoms with van der Waals surface area (Å²) in [6.07, 6.45) is 11.9. The fourth-order valence-corrected chi connectivity index (χ4v) is 3.16. The van der Waals surface area contributed by atoms with Crippen LogP contribution < -0.4 is 10.6 Å². The van der Waals surface area contributed by atoms with Gasteiger partial charge in [0.1, 0.15) is 0 Å². The zero-order valence-electron chi connectivity index (χ0n) is 15.2. The molecule has 0 radical (unpaired) electrons. The van der Waals surface area contributed by atoms with Crippen LogP contribution in [0.15, 0.2) is 4.99 Å². The zero-order valence-corrected chi connectivity index (χ0v) is 15.2. The molecule has 0 aromatic heterocycles. The van der Waals surface area contributed by atoms with Gasteiger partial charge in [-0.25, -0.2) is 0 Å². The van der Waals surface area contributed by atoms with Gasteiger partial charge in [-0.2, -0.15) is 0 Å². The molecule has 0 spiro atoms. The Labute approximate surface area is 141 Å². The maximum Gasteiger partial charge on any atom is 0.305 e. The first-order valence-corrected chi connectivity index (χ1v) is 9.19. The molecular weight excluding hydrogens is 290 g/mol. The van der Waals surface area contributed by atoms with E-state index in [2.05, 4.69) is 27.3 Å². The minimum absolute atomic E-state index is 0.135. The lowest BCUT2D eigenvalue weighted by atomic mass is 9.85. The van der Waals surface area contributed by atoms with E-state index >= 15 is 0 Å². The Kier molecular flexibility index (Phi) is 10.5. The second-order valence-corrected chi connectivity index (χ2v) is 6.66. The number of carbonyl (C=O) groups excluding carboxylic acids is 1. The van der Waals surface area contributed by atoms with Gasteiger partial charge in [0.25, 0.3) is 0 Å². The fraction of sp³-hybridized carbons (Fsp3) is 0.889. The van der Waals surface area contributed by atoms with Gasteiger partial charge in [-0.05, 0) is 38.5 Å². The molecule has 1 unspecified atom stereocenters. The van der Waals surface area contributed by atoms with Crippen LogP contribution in [0.4, 0.5) is 0 Å². The highest BCUT2D eigenvalue weighted by atomic mass is 16.5. The van der Waals surface area contributed by atoms with Gasteiger partial charge in [0, 0.05) is 26.1 Å². The Morgan fingerprint density at radius 1 is 1.26 bits per heavy atom. The number of nitrogens with zero attached hydrogens (tertiary/aromatic N) is 1. The Balaban J connectivity index is 2.10. The smallest absolute Gasteiger partial charge is 0.305 e. The summed E-state index contributed by atoms with van der Waals surface area (Å²) >= 11 is 0. The quantitative estimate of drug-likeness (QED) is 0.296. The van der Waals surface area contributed by atoms with Gasteiger partial charge in [-0.1, -0.05) is 32.1 Å². The van der Waals surface area contributed by atoms with Gasteiger partial charge in [-0.3, -0.25) is 9.79 Å². The summed E-state index contributed by atoms with van der Waals surface area (Å²) in [7, 11) is 3.23. The number of ether oxygens (including phenoxy) is 1. The molecule has 1 atom stereocenters. The van der Waals surface area contributed by atoms with Gasteiger partial charge >= 0.3 is 5.97 Å². The van der Waals surface area contributed by atoms with Crippen molar-refractivity contribution in [2.75, 3.05) is 20.7 Å². The Morgan fingerprint density at radius 2 is 2.00 bits per heavy atom. The van der Waals surface area contributed by atoms with Gasteiger partial charge in [0.15, 0.2) is 5.96 Å². The first-order chi connectivity index (χ1) is 11.2. The highest BCUT2D eigenvalue weighted by Crippen LogP contribution is 2.27. The van der Waals surface area contributed by atoms with Gasteiger partial charge < -0.3 is 15.4 Å². The van der Waals surface area contributed by atoms with E-state index in [4.69, 9.17) is 0 Å². The van der Waals surface area contributed by atoms with Crippen molar-refractivity contribution in [3.8, 4) is 0 Å². The van der Waals surface area contributed by atoms with Crippen LogP contribution in [0.5, 0.6) is 0 Å². The van der Waals surface area contributed by atoms with E-state index in [0.29, 0.717) is 12.5 Å². The van der Waals surface area contributed by atoms with Crippen molar-refractivity contribution in [3.63, 3.8) is 0 Å². The lowest BCUT2D eigenvalue weighted by Gasteiger charge is -2.24. The number of hydrogen-bond donors (Lipinski definition) is 2. The molecule has 1 rings (SSSR count). The molecule has 5 heteroatoms. The standard InChI is InChI=1S/C18H35N3O2/c1-15(12-13-16-9-5-4-6-10-16)21-18(19-2)20-14-8-7-11-17(22)23-3/h15-16H,4-14H2,1-3H3,(H2,19,20,21). The van der Waals surface area contributed by atoms with Crippen molar-refractivity contribution in [3.05, 3.63) is 0 Å². The van der Waals surface area contributed by atoms with E-state index in [9.17, 15) is 4.79 Å². The molecule has 23 heavy (non-hydrogen) atoms. The third-order valence-corrected chi connectivity index (χ3v) is 4.67. The molecule has 0 heterocycles. The predicted molar refractivity (Wildman–Crippen MR) is 95.6 cm³/mol. The summed E-state index contributed by atoms with van der Waals surface area (Å²) in [6, 6.07) is 0.443. The molecular formula is C18H35N3O2. The van der Waals surface area contributed by atoms with Crippen LogP contribution in [0.3, 0.4) is 0 Å². The number of rotatable bonds is 9. The van der Waals surface area contributed by atoms with Crippen molar-refractivity contribution in [2.45, 2.75) is 77.2 Å². The molecule has 134 valence electrons. The molecule has 2 N–H and O–H groups in total. The van der Waals surface area contributed by atoms with E-state index in [-0.39, 0.29) is 5.97 Å². The van der Waals surface area contributed by atoms with Crippen LogP contribution in [0, 0.1) is 5.92 Å². The summed E-state index contributed by atoms with van der Waals surface area (Å²) < 4.78 is 4.63. The molecule has 1 saturated carbocycles. The molecule has 0 aliphatic heterocycles. The number of hydrogen-bond acceptors (Lipinski definition) is 3. The number of esters is 1. The van der Waals surface area contributed by atoms with E-state index in [1.54, 1.807) is 7.05 Å². The van der Waals surface area contributed by atoms with Crippen molar-refractivity contribution in [2.24, 2.45) is 10.9 Å². The minimum atomic E-state index is -0.135. The Bertz CT molecular complexity index is 352. The molecule has 0 saturated heterocycles. The zero-order chi connectivity index (χ0) is 16.9. The number of unbranched alkanes of at least 4 members (excludes halogenated alkanes) is 1. The third kappa shape index (κ3) is 9.47. The monoisotopic (exact) mass is 325 g/mol. The second kappa shape index (κ2) is 12.2. The van der Waals surface area contributed by atoms with E-state index < -0.39 is 0 Å². The van der Waals surface area contributed by atoms with Crippen molar-refractivity contribution >= 4 is 11.9 Å². The maximum atomic E-state index is 11.0. The molecule has 0 amide bonds. The molecule has 5 nitrogen and oxygen atoms in total. The minimum Gasteiger partial charge on any atom is -0.469 e. The average molecular weight is 325 g/mol. The molecule has 0 aromatic carbocycles. The third-order valence-electron chi connectivity index (χ3n) is 4.67. The normalized spacial score (nSPS) is 17.6. The lowest BCUT2D eigenvalue weighted by Crippen LogP contribution is -2.42. The number of nitrogens with one attached hydrogen (secondary N) is 2. The Morgan fingerprint density at radius 3 is 2.65 bits per heavy atom. The van der Waals surface area contributed by atoms with Gasteiger partial charge in [0.2, 0.25) is 0 Å². The van der Waals surface area contributed by atoms with E-state index in [1.165, 1.54) is 52.1 Å². The SMILES string of the molecule is CN=C(NCCCCC(=O)OC)NC(C)CCC1CCCCC1. The largest absolute Gasteiger partial charge is 0.469 e. The number of methoxy groups -OCH3 is 1. The van der Waals surface area contributed by atoms with Crippen LogP contribution in [0.2, 0.25) is 0 Å². The summed E-state index contributed by atoms with van der Waals surface area (Å²) in [5, 5.41) is 6.78.